The molecule has 3 amide bonds. The molecule has 1 aromatic carbocycles. The van der Waals surface area contributed by atoms with Gasteiger partial charge in [-0.05, 0) is 75.8 Å². The summed E-state index contributed by atoms with van der Waals surface area (Å²) in [6.45, 7) is 4.51. The molecule has 2 unspecified atom stereocenters. The number of halogens is 1. The maximum atomic E-state index is 14.1. The van der Waals surface area contributed by atoms with Crippen LogP contribution in [0.5, 0.6) is 0 Å². The lowest BCUT2D eigenvalue weighted by molar-refractivity contribution is -0.142. The summed E-state index contributed by atoms with van der Waals surface area (Å²) in [5, 5.41) is 5.80. The van der Waals surface area contributed by atoms with Crippen LogP contribution in [0.4, 0.5) is 4.39 Å². The highest BCUT2D eigenvalue weighted by molar-refractivity contribution is 5.93. The van der Waals surface area contributed by atoms with Crippen molar-refractivity contribution in [2.75, 3.05) is 6.54 Å². The van der Waals surface area contributed by atoms with Gasteiger partial charge in [-0.1, -0.05) is 19.4 Å². The highest BCUT2D eigenvalue weighted by atomic mass is 19.1. The first-order valence-electron chi connectivity index (χ1n) is 13.8. The van der Waals surface area contributed by atoms with Crippen LogP contribution >= 0.6 is 0 Å². The van der Waals surface area contributed by atoms with Gasteiger partial charge in [0.2, 0.25) is 17.7 Å². The fraction of sp³-hybridized carbons (Fsp3) is 0.643. The molecule has 5 rings (SSSR count). The third-order valence-corrected chi connectivity index (χ3v) is 8.82. The van der Waals surface area contributed by atoms with Crippen molar-refractivity contribution in [3.05, 3.63) is 29.8 Å². The first-order valence-corrected chi connectivity index (χ1v) is 13.8. The number of benzene rings is 1. The predicted molar refractivity (Wildman–Crippen MR) is 138 cm³/mol. The van der Waals surface area contributed by atoms with E-state index in [1.165, 1.54) is 25.3 Å². The molecule has 3 atom stereocenters. The van der Waals surface area contributed by atoms with Crippen molar-refractivity contribution in [1.29, 1.82) is 0 Å². The first-order chi connectivity index (χ1) is 17.8. The van der Waals surface area contributed by atoms with Gasteiger partial charge in [-0.25, -0.2) is 9.37 Å². The van der Waals surface area contributed by atoms with E-state index in [9.17, 15) is 18.8 Å². The van der Waals surface area contributed by atoms with E-state index >= 15 is 0 Å². The number of likely N-dealkylation sites (tertiary alicyclic amines) is 1. The summed E-state index contributed by atoms with van der Waals surface area (Å²) >= 11 is 0. The summed E-state index contributed by atoms with van der Waals surface area (Å²) in [6.07, 6.45) is 9.15. The minimum absolute atomic E-state index is 0.0760. The standard InChI is InChI=1S/C28H38FN5O3/c1-3-19-8-4-5-13-34(19)23(35)14-22(32-26(36)18-15-28(16-18)11-7-12-28)27(37)30-17(2)25-31-21-10-6-9-20(29)24(21)33-25/h6,9-10,17-19,22H,3-5,7-8,11-16H2,1-2H3,(H,30,37)(H,31,33)(H,32,36)/t17-,19?,22?/m0/s1. The number of piperidine rings is 1. The maximum absolute atomic E-state index is 14.1. The van der Waals surface area contributed by atoms with Crippen molar-refractivity contribution < 1.29 is 18.8 Å². The SMILES string of the molecule is CCC1CCCCN1C(=O)CC(NC(=O)C1CC2(CCC2)C1)C(=O)N[C@@H](C)c1nc2c(F)cccc2[nH]1. The van der Waals surface area contributed by atoms with Gasteiger partial charge in [0, 0.05) is 18.5 Å². The summed E-state index contributed by atoms with van der Waals surface area (Å²) < 4.78 is 14.1. The van der Waals surface area contributed by atoms with Gasteiger partial charge < -0.3 is 20.5 Å². The molecule has 2 saturated carbocycles. The molecule has 0 bridgehead atoms. The van der Waals surface area contributed by atoms with Gasteiger partial charge in [-0.15, -0.1) is 0 Å². The van der Waals surface area contributed by atoms with Crippen LogP contribution in [0, 0.1) is 17.2 Å². The van der Waals surface area contributed by atoms with E-state index in [0.717, 1.165) is 38.5 Å². The fourth-order valence-electron chi connectivity index (χ4n) is 6.40. The smallest absolute Gasteiger partial charge is 0.243 e. The van der Waals surface area contributed by atoms with E-state index in [4.69, 9.17) is 0 Å². The Labute approximate surface area is 217 Å². The molecule has 2 aliphatic carbocycles. The normalized spacial score (nSPS) is 22.7. The molecule has 200 valence electrons. The number of para-hydroxylation sites is 1. The van der Waals surface area contributed by atoms with Gasteiger partial charge in [0.25, 0.3) is 0 Å². The lowest BCUT2D eigenvalue weighted by Crippen LogP contribution is -2.55. The third-order valence-electron chi connectivity index (χ3n) is 8.82. The number of rotatable bonds is 8. The first kappa shape index (κ1) is 25.7. The van der Waals surface area contributed by atoms with E-state index in [0.29, 0.717) is 23.3 Å². The van der Waals surface area contributed by atoms with Crippen LogP contribution in [0.3, 0.4) is 0 Å². The summed E-state index contributed by atoms with van der Waals surface area (Å²) in [5.41, 5.74) is 1.09. The topological polar surface area (TPSA) is 107 Å². The minimum atomic E-state index is -0.971. The van der Waals surface area contributed by atoms with Crippen molar-refractivity contribution in [2.45, 2.75) is 96.2 Å². The number of hydrogen-bond acceptors (Lipinski definition) is 4. The minimum Gasteiger partial charge on any atom is -0.345 e. The van der Waals surface area contributed by atoms with E-state index in [1.54, 1.807) is 19.1 Å². The molecule has 1 spiro atoms. The molecule has 2 aromatic rings. The Hall–Kier alpha value is -2.97. The Kier molecular flexibility index (Phi) is 7.23. The Morgan fingerprint density at radius 1 is 1.19 bits per heavy atom. The number of nitrogens with one attached hydrogen (secondary N) is 3. The zero-order chi connectivity index (χ0) is 26.2. The Morgan fingerprint density at radius 3 is 2.65 bits per heavy atom. The van der Waals surface area contributed by atoms with Crippen LogP contribution in [-0.2, 0) is 14.4 Å². The number of carbonyl (C=O) groups excluding carboxylic acids is 3. The van der Waals surface area contributed by atoms with Crippen LogP contribution in [0.25, 0.3) is 11.0 Å². The molecule has 1 aromatic heterocycles. The Morgan fingerprint density at radius 2 is 1.97 bits per heavy atom. The van der Waals surface area contributed by atoms with Gasteiger partial charge in [0.15, 0.2) is 5.82 Å². The second-order valence-corrected chi connectivity index (χ2v) is 11.4. The molecular formula is C28H38FN5O3. The summed E-state index contributed by atoms with van der Waals surface area (Å²) in [5.74, 6) is -0.800. The van der Waals surface area contributed by atoms with E-state index in [1.807, 2.05) is 4.90 Å². The van der Waals surface area contributed by atoms with Crippen molar-refractivity contribution in [2.24, 2.45) is 11.3 Å². The number of fused-ring (bicyclic) bond motifs is 1. The number of carbonyl (C=O) groups is 3. The lowest BCUT2D eigenvalue weighted by atomic mass is 9.51. The lowest BCUT2D eigenvalue weighted by Gasteiger charge is -2.53. The second-order valence-electron chi connectivity index (χ2n) is 11.4. The number of H-pyrrole nitrogens is 1. The average Bonchev–Trinajstić information content (AvgIpc) is 3.28. The predicted octanol–water partition coefficient (Wildman–Crippen LogP) is 4.13. The monoisotopic (exact) mass is 511 g/mol. The number of aromatic nitrogens is 2. The van der Waals surface area contributed by atoms with Gasteiger partial charge in [0.05, 0.1) is 18.0 Å². The number of aromatic amines is 1. The molecule has 1 aliphatic heterocycles. The molecule has 9 heteroatoms. The summed E-state index contributed by atoms with van der Waals surface area (Å²) in [4.78, 5) is 49.1. The molecule has 3 N–H and O–H groups in total. The van der Waals surface area contributed by atoms with Crippen LogP contribution in [0.15, 0.2) is 18.2 Å². The van der Waals surface area contributed by atoms with Gasteiger partial charge in [-0.3, -0.25) is 14.4 Å². The van der Waals surface area contributed by atoms with Crippen LogP contribution in [0.2, 0.25) is 0 Å². The summed E-state index contributed by atoms with van der Waals surface area (Å²) in [6, 6.07) is 3.30. The van der Waals surface area contributed by atoms with Gasteiger partial charge in [-0.2, -0.15) is 0 Å². The number of hydrogen-bond donors (Lipinski definition) is 3. The van der Waals surface area contributed by atoms with Crippen LogP contribution < -0.4 is 10.6 Å². The Bertz CT molecular complexity index is 1170. The number of amides is 3. The molecular weight excluding hydrogens is 473 g/mol. The van der Waals surface area contributed by atoms with Crippen molar-refractivity contribution in [3.63, 3.8) is 0 Å². The second kappa shape index (κ2) is 10.4. The maximum Gasteiger partial charge on any atom is 0.243 e. The molecule has 1 saturated heterocycles. The zero-order valence-corrected chi connectivity index (χ0v) is 21.8. The highest BCUT2D eigenvalue weighted by Crippen LogP contribution is 2.58. The van der Waals surface area contributed by atoms with Crippen molar-refractivity contribution in [1.82, 2.24) is 25.5 Å². The Balaban J connectivity index is 1.28. The van der Waals surface area contributed by atoms with Gasteiger partial charge in [0.1, 0.15) is 17.4 Å². The number of imidazole rings is 1. The highest BCUT2D eigenvalue weighted by Gasteiger charge is 2.51. The number of nitrogens with zero attached hydrogens (tertiary/aromatic N) is 2. The van der Waals surface area contributed by atoms with E-state index in [-0.39, 0.29) is 35.7 Å². The molecule has 2 heterocycles. The van der Waals surface area contributed by atoms with Crippen LogP contribution in [-0.4, -0.2) is 51.2 Å². The van der Waals surface area contributed by atoms with E-state index in [2.05, 4.69) is 27.5 Å². The van der Waals surface area contributed by atoms with Crippen LogP contribution in [0.1, 0.15) is 89.9 Å². The fourth-order valence-corrected chi connectivity index (χ4v) is 6.40. The van der Waals surface area contributed by atoms with E-state index < -0.39 is 23.8 Å². The molecule has 37 heavy (non-hydrogen) atoms. The third kappa shape index (κ3) is 5.22. The quantitative estimate of drug-likeness (QED) is 0.495. The van der Waals surface area contributed by atoms with Crippen molar-refractivity contribution in [3.8, 4) is 0 Å². The zero-order valence-electron chi connectivity index (χ0n) is 21.8. The van der Waals surface area contributed by atoms with Crippen molar-refractivity contribution >= 4 is 28.8 Å². The largest absolute Gasteiger partial charge is 0.345 e. The molecule has 8 nitrogen and oxygen atoms in total. The average molecular weight is 512 g/mol. The molecule has 3 fully saturated rings. The molecule has 3 aliphatic rings. The summed E-state index contributed by atoms with van der Waals surface area (Å²) in [7, 11) is 0. The molecule has 0 radical (unpaired) electrons. The van der Waals surface area contributed by atoms with Gasteiger partial charge >= 0.3 is 0 Å².